The normalized spacial score (nSPS) is 14.0. The van der Waals surface area contributed by atoms with Crippen LogP contribution in [0.2, 0.25) is 0 Å². The van der Waals surface area contributed by atoms with E-state index in [0.717, 1.165) is 18.5 Å². The van der Waals surface area contributed by atoms with Crippen LogP contribution in [0, 0.1) is 0 Å². The second kappa shape index (κ2) is 4.59. The van der Waals surface area contributed by atoms with Crippen LogP contribution in [0.5, 0.6) is 0 Å². The predicted molar refractivity (Wildman–Crippen MR) is 58.0 cm³/mol. The lowest BCUT2D eigenvalue weighted by Gasteiger charge is -2.00. The molecule has 2 heterocycles. The molecule has 1 aliphatic rings. The van der Waals surface area contributed by atoms with E-state index in [0.29, 0.717) is 12.3 Å². The molecule has 0 saturated heterocycles. The van der Waals surface area contributed by atoms with Gasteiger partial charge < -0.3 is 4.42 Å². The van der Waals surface area contributed by atoms with Gasteiger partial charge in [-0.1, -0.05) is 6.08 Å². The Kier molecular flexibility index (Phi) is 2.97. The molecule has 0 bridgehead atoms. The summed E-state index contributed by atoms with van der Waals surface area (Å²) in [7, 11) is 0. The third-order valence-corrected chi connectivity index (χ3v) is 2.14. The van der Waals surface area contributed by atoms with E-state index in [9.17, 15) is 4.79 Å². The maximum absolute atomic E-state index is 11.4. The van der Waals surface area contributed by atoms with Crippen LogP contribution in [0.1, 0.15) is 12.8 Å². The molecule has 0 saturated carbocycles. The van der Waals surface area contributed by atoms with Crippen molar-refractivity contribution < 1.29 is 9.21 Å². The van der Waals surface area contributed by atoms with Gasteiger partial charge in [0.25, 0.3) is 0 Å². The lowest BCUT2D eigenvalue weighted by atomic mass is 10.1. The highest BCUT2D eigenvalue weighted by atomic mass is 16.3. The molecule has 0 aromatic carbocycles. The lowest BCUT2D eigenvalue weighted by molar-refractivity contribution is -0.116. The van der Waals surface area contributed by atoms with E-state index < -0.39 is 0 Å². The van der Waals surface area contributed by atoms with Crippen LogP contribution in [-0.4, -0.2) is 18.7 Å². The smallest absolute Gasteiger partial charge is 0.227 e. The van der Waals surface area contributed by atoms with Crippen LogP contribution in [0.4, 0.5) is 5.88 Å². The lowest BCUT2D eigenvalue weighted by Crippen LogP contribution is -2.10. The van der Waals surface area contributed by atoms with Gasteiger partial charge in [-0.05, 0) is 18.1 Å². The van der Waals surface area contributed by atoms with E-state index in [1.165, 1.54) is 6.26 Å². The highest BCUT2D eigenvalue weighted by Gasteiger charge is 2.06. The van der Waals surface area contributed by atoms with E-state index in [1.807, 2.05) is 12.3 Å². The van der Waals surface area contributed by atoms with Gasteiger partial charge >= 0.3 is 0 Å². The largest absolute Gasteiger partial charge is 0.449 e. The molecule has 0 unspecified atom stereocenters. The van der Waals surface area contributed by atoms with Crippen molar-refractivity contribution >= 4 is 18.0 Å². The fourth-order valence-corrected chi connectivity index (χ4v) is 1.37. The SMILES string of the molecule is O=C(CCC1=CCN=C1)Nc1ccco1. The zero-order valence-electron chi connectivity index (χ0n) is 8.27. The minimum absolute atomic E-state index is 0.0360. The Morgan fingerprint density at radius 1 is 1.60 bits per heavy atom. The number of amides is 1. The number of rotatable bonds is 4. The number of hydrogen-bond acceptors (Lipinski definition) is 3. The minimum Gasteiger partial charge on any atom is -0.449 e. The summed E-state index contributed by atoms with van der Waals surface area (Å²) < 4.78 is 5.00. The van der Waals surface area contributed by atoms with Gasteiger partial charge in [-0.15, -0.1) is 0 Å². The Hall–Kier alpha value is -1.84. The summed E-state index contributed by atoms with van der Waals surface area (Å²) in [5, 5.41) is 2.67. The molecular formula is C11H12N2O2. The van der Waals surface area contributed by atoms with Crippen molar-refractivity contribution in [2.45, 2.75) is 12.8 Å². The Balaban J connectivity index is 1.75. The Morgan fingerprint density at radius 2 is 2.53 bits per heavy atom. The van der Waals surface area contributed by atoms with E-state index in [-0.39, 0.29) is 5.91 Å². The highest BCUT2D eigenvalue weighted by molar-refractivity contribution is 5.90. The average Bonchev–Trinajstić information content (AvgIpc) is 2.86. The van der Waals surface area contributed by atoms with Crippen molar-refractivity contribution in [1.29, 1.82) is 0 Å². The van der Waals surface area contributed by atoms with Gasteiger partial charge in [0.1, 0.15) is 0 Å². The van der Waals surface area contributed by atoms with Crippen molar-refractivity contribution in [3.05, 3.63) is 30.0 Å². The molecule has 78 valence electrons. The van der Waals surface area contributed by atoms with Crippen molar-refractivity contribution in [2.75, 3.05) is 11.9 Å². The van der Waals surface area contributed by atoms with Crippen molar-refractivity contribution in [3.8, 4) is 0 Å². The second-order valence-electron chi connectivity index (χ2n) is 3.30. The van der Waals surface area contributed by atoms with Crippen LogP contribution < -0.4 is 5.32 Å². The molecule has 0 fully saturated rings. The van der Waals surface area contributed by atoms with Gasteiger partial charge in [-0.25, -0.2) is 0 Å². The number of nitrogens with one attached hydrogen (secondary N) is 1. The molecule has 2 rings (SSSR count). The molecule has 1 N–H and O–H groups in total. The summed E-state index contributed by atoms with van der Waals surface area (Å²) >= 11 is 0. The monoisotopic (exact) mass is 204 g/mol. The molecule has 4 heteroatoms. The number of carbonyl (C=O) groups is 1. The first-order valence-corrected chi connectivity index (χ1v) is 4.87. The van der Waals surface area contributed by atoms with Crippen molar-refractivity contribution in [1.82, 2.24) is 0 Å². The predicted octanol–water partition coefficient (Wildman–Crippen LogP) is 2.01. The zero-order valence-corrected chi connectivity index (χ0v) is 8.27. The number of aliphatic imine (C=N–C) groups is 1. The third kappa shape index (κ3) is 2.80. The van der Waals surface area contributed by atoms with Gasteiger partial charge in [-0.3, -0.25) is 15.1 Å². The maximum atomic E-state index is 11.4. The summed E-state index contributed by atoms with van der Waals surface area (Å²) in [6, 6.07) is 3.45. The number of nitrogens with zero attached hydrogens (tertiary/aromatic N) is 1. The molecule has 15 heavy (non-hydrogen) atoms. The number of furan rings is 1. The van der Waals surface area contributed by atoms with E-state index >= 15 is 0 Å². The summed E-state index contributed by atoms with van der Waals surface area (Å²) in [6.45, 7) is 0.745. The molecule has 4 nitrogen and oxygen atoms in total. The van der Waals surface area contributed by atoms with Crippen LogP contribution >= 0.6 is 0 Å². The van der Waals surface area contributed by atoms with Gasteiger partial charge in [0.2, 0.25) is 5.91 Å². The Bertz CT molecular complexity index is 391. The van der Waals surface area contributed by atoms with Gasteiger partial charge in [-0.2, -0.15) is 0 Å². The number of anilines is 1. The fourth-order valence-electron chi connectivity index (χ4n) is 1.37. The van der Waals surface area contributed by atoms with Crippen LogP contribution in [0.3, 0.4) is 0 Å². The molecular weight excluding hydrogens is 192 g/mol. The van der Waals surface area contributed by atoms with Gasteiger partial charge in [0.05, 0.1) is 12.8 Å². The molecule has 0 spiro atoms. The van der Waals surface area contributed by atoms with E-state index in [2.05, 4.69) is 10.3 Å². The first-order chi connectivity index (χ1) is 7.34. The van der Waals surface area contributed by atoms with Crippen LogP contribution in [0.25, 0.3) is 0 Å². The van der Waals surface area contributed by atoms with Crippen molar-refractivity contribution in [2.24, 2.45) is 4.99 Å². The minimum atomic E-state index is -0.0360. The topological polar surface area (TPSA) is 54.6 Å². The fraction of sp³-hybridized carbons (Fsp3) is 0.273. The summed E-state index contributed by atoms with van der Waals surface area (Å²) in [5.74, 6) is 0.459. The van der Waals surface area contributed by atoms with Gasteiger partial charge in [0, 0.05) is 18.7 Å². The van der Waals surface area contributed by atoms with E-state index in [1.54, 1.807) is 12.1 Å². The maximum Gasteiger partial charge on any atom is 0.227 e. The standard InChI is InChI=1S/C11H12N2O2/c14-10(13-11-2-1-7-15-11)4-3-9-5-6-12-8-9/h1-2,5,7-8H,3-4,6H2,(H,13,14). The third-order valence-electron chi connectivity index (χ3n) is 2.14. The van der Waals surface area contributed by atoms with E-state index in [4.69, 9.17) is 4.42 Å². The number of allylic oxidation sites excluding steroid dienone is 1. The summed E-state index contributed by atoms with van der Waals surface area (Å²) in [4.78, 5) is 15.5. The number of hydrogen-bond donors (Lipinski definition) is 1. The first-order valence-electron chi connectivity index (χ1n) is 4.87. The molecule has 1 amide bonds. The summed E-state index contributed by atoms with van der Waals surface area (Å²) in [5.41, 5.74) is 1.13. The summed E-state index contributed by atoms with van der Waals surface area (Å²) in [6.07, 6.45) is 6.57. The van der Waals surface area contributed by atoms with Crippen LogP contribution in [0.15, 0.2) is 39.5 Å². The Labute approximate surface area is 87.7 Å². The van der Waals surface area contributed by atoms with Gasteiger partial charge in [0.15, 0.2) is 5.88 Å². The molecule has 0 radical (unpaired) electrons. The molecule has 0 aliphatic carbocycles. The quantitative estimate of drug-likeness (QED) is 0.815. The molecule has 1 aromatic rings. The Morgan fingerprint density at radius 3 is 3.20 bits per heavy atom. The average molecular weight is 204 g/mol. The molecule has 0 atom stereocenters. The first kappa shape index (κ1) is 9.71. The number of carbonyl (C=O) groups excluding carboxylic acids is 1. The zero-order chi connectivity index (χ0) is 10.5. The highest BCUT2D eigenvalue weighted by Crippen LogP contribution is 2.10. The van der Waals surface area contributed by atoms with Crippen LogP contribution in [-0.2, 0) is 4.79 Å². The second-order valence-corrected chi connectivity index (χ2v) is 3.30. The molecule has 1 aromatic heterocycles. The van der Waals surface area contributed by atoms with Crippen molar-refractivity contribution in [3.63, 3.8) is 0 Å². The molecule has 1 aliphatic heterocycles.